The highest BCUT2D eigenvalue weighted by Crippen LogP contribution is 2.16. The molecule has 0 saturated heterocycles. The van der Waals surface area contributed by atoms with Crippen LogP contribution in [0.25, 0.3) is 0 Å². The maximum Gasteiger partial charge on any atom is 0.326 e. The van der Waals surface area contributed by atoms with Crippen LogP contribution in [0.3, 0.4) is 0 Å². The Balaban J connectivity index is 0. The van der Waals surface area contributed by atoms with Gasteiger partial charge in [-0.3, -0.25) is 43.2 Å². The number of carboxylic acids is 4. The average molecular weight is 1150 g/mol. The normalized spacial score (nSPS) is 12.4. The van der Waals surface area contributed by atoms with Crippen molar-refractivity contribution in [3.8, 4) is 0 Å². The summed E-state index contributed by atoms with van der Waals surface area (Å²) >= 11 is 0. The number of carbonyl (C=O) groups is 11. The summed E-state index contributed by atoms with van der Waals surface area (Å²) in [4.78, 5) is 128. The van der Waals surface area contributed by atoms with Gasteiger partial charge in [-0.05, 0) is 64.7 Å². The van der Waals surface area contributed by atoms with E-state index in [2.05, 4.69) is 21.3 Å². The molecule has 0 unspecified atom stereocenters. The lowest BCUT2D eigenvalue weighted by atomic mass is 9.95. The molecule has 462 valence electrons. The van der Waals surface area contributed by atoms with Crippen molar-refractivity contribution >= 4 is 64.9 Å². The molecule has 0 aliphatic carbocycles. The Morgan fingerprint density at radius 2 is 0.938 bits per heavy atom. The lowest BCUT2D eigenvalue weighted by Gasteiger charge is -2.16. The summed E-state index contributed by atoms with van der Waals surface area (Å²) in [6.45, 7) is 7.68. The predicted molar refractivity (Wildman–Crippen MR) is 294 cm³/mol. The monoisotopic (exact) mass is 1150 g/mol. The molecule has 0 heterocycles. The largest absolute Gasteiger partial charge is 0.481 e. The van der Waals surface area contributed by atoms with E-state index in [0.717, 1.165) is 44.9 Å². The summed E-state index contributed by atoms with van der Waals surface area (Å²) in [5.41, 5.74) is 0. The van der Waals surface area contributed by atoms with Crippen LogP contribution in [-0.2, 0) is 71.7 Å². The summed E-state index contributed by atoms with van der Waals surface area (Å²) in [6, 6.07) is -2.39. The number of amides is 4. The predicted octanol–water partition coefficient (Wildman–Crippen LogP) is 5.10. The number of ether oxygens (including phenoxy) is 4. The van der Waals surface area contributed by atoms with E-state index in [0.29, 0.717) is 84.5 Å². The van der Waals surface area contributed by atoms with Crippen molar-refractivity contribution in [2.75, 3.05) is 72.6 Å². The summed E-state index contributed by atoms with van der Waals surface area (Å²) in [7, 11) is 0. The molecule has 0 bridgehead atoms. The second-order valence-electron chi connectivity index (χ2n) is 19.6. The molecular formula is C56H98N4O20. The van der Waals surface area contributed by atoms with Crippen LogP contribution in [-0.4, -0.2) is 175 Å². The maximum atomic E-state index is 12.3. The number of aliphatic carboxylic acids is 4. The lowest BCUT2D eigenvalue weighted by Crippen LogP contribution is -2.42. The van der Waals surface area contributed by atoms with Crippen LogP contribution < -0.4 is 21.3 Å². The molecule has 0 rings (SSSR count). The first kappa shape index (κ1) is 76.6. The van der Waals surface area contributed by atoms with E-state index in [1.54, 1.807) is 0 Å². The first-order valence-corrected chi connectivity index (χ1v) is 28.8. The number of unbranched alkanes of at least 4 members (excludes halogenated alkanes) is 12. The molecule has 0 aromatic carbocycles. The minimum Gasteiger partial charge on any atom is -0.481 e. The lowest BCUT2D eigenvalue weighted by molar-refractivity contribution is -0.145. The van der Waals surface area contributed by atoms with Crippen LogP contribution in [0.4, 0.5) is 0 Å². The van der Waals surface area contributed by atoms with Gasteiger partial charge in [0.05, 0.1) is 39.0 Å². The second kappa shape index (κ2) is 52.9. The highest BCUT2D eigenvalue weighted by atomic mass is 16.5. The Hall–Kier alpha value is -5.43. The fourth-order valence-corrected chi connectivity index (χ4v) is 8.03. The van der Waals surface area contributed by atoms with Crippen molar-refractivity contribution in [1.82, 2.24) is 21.3 Å². The third kappa shape index (κ3) is 49.6. The number of Topliss-reactive ketones (excluding diaryl/α,β-unsaturated/α-hetero) is 3. The number of hydrogen-bond donors (Lipinski definition) is 9. The van der Waals surface area contributed by atoms with Crippen LogP contribution in [0.5, 0.6) is 0 Å². The minimum atomic E-state index is -1.35. The molecule has 0 aromatic heterocycles. The standard InChI is InChI=1S/C28H47N3O12.C28H51NO8/c1-3-20(24(35)17-32)6-4-5-11-30-25(36)10-8-23(28(40)41)31-26(37)9-7-21(27(38)39)16-22(34)18-43-15-14-42-13-12-29-19(2)33;1-2-36-22-23-37-21-15-16-24(30)19-20-25(28(34)35)29-26(31)17-13-11-9-7-5-3-4-6-8-10-12-14-18-27(32)33/h20-21,23,32H,3-18H2,1-2H3,(H,29,33)(H,30,36)(H,31,37)(H,38,39)(H,40,41);25H,2-23H2,1H3,(H,29,31)(H,32,33)(H,34,35)/t20-,21+,23-;25-/m00/s1. The van der Waals surface area contributed by atoms with Gasteiger partial charge in [0.1, 0.15) is 31.1 Å². The van der Waals surface area contributed by atoms with Gasteiger partial charge in [0.2, 0.25) is 23.6 Å². The molecule has 0 saturated carbocycles. The number of hydrogen-bond acceptors (Lipinski definition) is 16. The maximum absolute atomic E-state index is 12.3. The number of ketones is 3. The zero-order chi connectivity index (χ0) is 60.2. The molecule has 4 amide bonds. The Kier molecular flexibility index (Phi) is 50.7. The Bertz CT molecular complexity index is 1770. The molecule has 24 heteroatoms. The Morgan fingerprint density at radius 1 is 0.425 bits per heavy atom. The van der Waals surface area contributed by atoms with Crippen molar-refractivity contribution in [1.29, 1.82) is 0 Å². The summed E-state index contributed by atoms with van der Waals surface area (Å²) in [5, 5.41) is 55.8. The van der Waals surface area contributed by atoms with Crippen LogP contribution in [0.2, 0.25) is 0 Å². The minimum absolute atomic E-state index is 0.0235. The highest BCUT2D eigenvalue weighted by molar-refractivity contribution is 5.87. The molecular weight excluding hydrogens is 1050 g/mol. The van der Waals surface area contributed by atoms with E-state index < -0.39 is 66.1 Å². The van der Waals surface area contributed by atoms with E-state index in [4.69, 9.17) is 29.2 Å². The van der Waals surface area contributed by atoms with Gasteiger partial charge in [-0.15, -0.1) is 0 Å². The van der Waals surface area contributed by atoms with Gasteiger partial charge < -0.3 is 65.7 Å². The second-order valence-corrected chi connectivity index (χ2v) is 19.6. The first-order valence-electron chi connectivity index (χ1n) is 28.8. The van der Waals surface area contributed by atoms with Gasteiger partial charge in [-0.25, -0.2) is 9.59 Å². The van der Waals surface area contributed by atoms with Crippen LogP contribution >= 0.6 is 0 Å². The number of carboxylic acid groups (broad SMARTS) is 4. The Morgan fingerprint density at radius 3 is 1.46 bits per heavy atom. The zero-order valence-electron chi connectivity index (χ0n) is 48.0. The van der Waals surface area contributed by atoms with E-state index >= 15 is 0 Å². The number of rotatable bonds is 55. The third-order valence-electron chi connectivity index (χ3n) is 12.7. The van der Waals surface area contributed by atoms with E-state index in [1.807, 2.05) is 13.8 Å². The fourth-order valence-electron chi connectivity index (χ4n) is 8.03. The van der Waals surface area contributed by atoms with Gasteiger partial charge in [-0.1, -0.05) is 77.6 Å². The molecule has 0 spiro atoms. The molecule has 24 nitrogen and oxygen atoms in total. The van der Waals surface area contributed by atoms with Crippen molar-refractivity contribution in [3.63, 3.8) is 0 Å². The SMILES string of the molecule is CCOCCOCCCC(=O)CC[C@H](NC(=O)CCCCCCCCCCCCCCC(=O)O)C(=O)O.CC[C@@H](CCCCNC(=O)CC[C@H](NC(=O)CC[C@H](CC(=O)COCCOCCNC(C)=O)C(=O)O)C(=O)O)C(=O)CO. The molecule has 0 aliphatic heterocycles. The molecule has 80 heavy (non-hydrogen) atoms. The van der Waals surface area contributed by atoms with Crippen molar-refractivity contribution in [3.05, 3.63) is 0 Å². The number of aliphatic hydroxyl groups is 1. The van der Waals surface area contributed by atoms with Gasteiger partial charge in [0.25, 0.3) is 0 Å². The van der Waals surface area contributed by atoms with Gasteiger partial charge in [-0.2, -0.15) is 0 Å². The fraction of sp³-hybridized carbons (Fsp3) is 0.804. The van der Waals surface area contributed by atoms with Gasteiger partial charge in [0, 0.05) is 84.1 Å². The van der Waals surface area contributed by atoms with Crippen molar-refractivity contribution in [2.24, 2.45) is 11.8 Å². The zero-order valence-corrected chi connectivity index (χ0v) is 48.0. The van der Waals surface area contributed by atoms with Gasteiger partial charge in [0.15, 0.2) is 11.6 Å². The average Bonchev–Trinajstić information content (AvgIpc) is 3.40. The van der Waals surface area contributed by atoms with E-state index in [9.17, 15) is 68.1 Å². The summed E-state index contributed by atoms with van der Waals surface area (Å²) in [6.07, 6.45) is 15.7. The van der Waals surface area contributed by atoms with E-state index in [-0.39, 0.29) is 107 Å². The van der Waals surface area contributed by atoms with Crippen LogP contribution in [0, 0.1) is 11.8 Å². The molecule has 0 aliphatic rings. The van der Waals surface area contributed by atoms with E-state index in [1.165, 1.54) is 39.0 Å². The topological polar surface area (TPSA) is 374 Å². The molecule has 4 atom stereocenters. The molecule has 0 radical (unpaired) electrons. The molecule has 9 N–H and O–H groups in total. The number of nitrogens with one attached hydrogen (secondary N) is 4. The highest BCUT2D eigenvalue weighted by Gasteiger charge is 2.26. The van der Waals surface area contributed by atoms with Crippen molar-refractivity contribution < 1.29 is 97.2 Å². The molecule has 0 aromatic rings. The van der Waals surface area contributed by atoms with Crippen LogP contribution in [0.15, 0.2) is 0 Å². The summed E-state index contributed by atoms with van der Waals surface area (Å²) < 4.78 is 20.9. The Labute approximate surface area is 472 Å². The first-order chi connectivity index (χ1) is 38.3. The smallest absolute Gasteiger partial charge is 0.326 e. The summed E-state index contributed by atoms with van der Waals surface area (Å²) in [5.74, 6) is -8.12. The van der Waals surface area contributed by atoms with Crippen molar-refractivity contribution in [2.45, 2.75) is 206 Å². The number of aliphatic hydroxyl groups excluding tert-OH is 1. The quantitative estimate of drug-likeness (QED) is 0.0357. The third-order valence-corrected chi connectivity index (χ3v) is 12.7. The molecule has 0 fully saturated rings. The van der Waals surface area contributed by atoms with Gasteiger partial charge >= 0.3 is 23.9 Å². The number of carbonyl (C=O) groups excluding carboxylic acids is 7. The van der Waals surface area contributed by atoms with Crippen LogP contribution in [0.1, 0.15) is 194 Å².